The van der Waals surface area contributed by atoms with Crippen LogP contribution in [0.4, 0.5) is 11.4 Å². The first-order valence-corrected chi connectivity index (χ1v) is 8.02. The van der Waals surface area contributed by atoms with E-state index in [1.807, 2.05) is 38.2 Å². The van der Waals surface area contributed by atoms with Gasteiger partial charge < -0.3 is 20.2 Å². The fourth-order valence-electron chi connectivity index (χ4n) is 3.51. The monoisotopic (exact) mass is 317 g/mol. The van der Waals surface area contributed by atoms with E-state index in [9.17, 15) is 14.7 Å². The Kier molecular flexibility index (Phi) is 4.02. The van der Waals surface area contributed by atoms with Gasteiger partial charge in [0.25, 0.3) is 0 Å². The Morgan fingerprint density at radius 1 is 1.26 bits per heavy atom. The van der Waals surface area contributed by atoms with Crippen molar-refractivity contribution in [2.75, 3.05) is 29.9 Å². The molecule has 1 aromatic rings. The number of carbonyl (C=O) groups excluding carboxylic acids is 2. The first-order chi connectivity index (χ1) is 10.9. The lowest BCUT2D eigenvalue weighted by atomic mass is 9.78. The second kappa shape index (κ2) is 5.85. The van der Waals surface area contributed by atoms with Crippen LogP contribution >= 0.6 is 0 Å². The molecule has 0 bridgehead atoms. The maximum atomic E-state index is 13.0. The Morgan fingerprint density at radius 2 is 1.91 bits per heavy atom. The minimum Gasteiger partial charge on any atom is -0.393 e. The van der Waals surface area contributed by atoms with Crippen LogP contribution in [0.2, 0.25) is 0 Å². The number of aliphatic hydroxyl groups is 1. The van der Waals surface area contributed by atoms with Gasteiger partial charge in [0.1, 0.15) is 0 Å². The Balaban J connectivity index is 1.81. The van der Waals surface area contributed by atoms with Crippen LogP contribution < -0.4 is 15.1 Å². The van der Waals surface area contributed by atoms with Crippen molar-refractivity contribution in [2.24, 2.45) is 11.8 Å². The molecule has 2 heterocycles. The number of carbonyl (C=O) groups is 2. The van der Waals surface area contributed by atoms with E-state index in [2.05, 4.69) is 10.2 Å². The van der Waals surface area contributed by atoms with Crippen LogP contribution in [0.1, 0.15) is 13.8 Å². The van der Waals surface area contributed by atoms with E-state index in [-0.39, 0.29) is 23.8 Å². The third kappa shape index (κ3) is 2.57. The highest BCUT2D eigenvalue weighted by molar-refractivity contribution is 6.00. The molecule has 6 heteroatoms. The molecular weight excluding hydrogens is 294 g/mol. The van der Waals surface area contributed by atoms with Crippen molar-refractivity contribution in [2.45, 2.75) is 26.0 Å². The van der Waals surface area contributed by atoms with E-state index < -0.39 is 12.0 Å². The van der Waals surface area contributed by atoms with Crippen molar-refractivity contribution in [1.82, 2.24) is 5.32 Å². The summed E-state index contributed by atoms with van der Waals surface area (Å²) in [7, 11) is 2.01. The number of hydrogen-bond donors (Lipinski definition) is 2. The number of rotatable bonds is 3. The zero-order valence-electron chi connectivity index (χ0n) is 13.7. The summed E-state index contributed by atoms with van der Waals surface area (Å²) < 4.78 is 0. The molecule has 0 spiro atoms. The van der Waals surface area contributed by atoms with Crippen molar-refractivity contribution in [3.05, 3.63) is 24.3 Å². The molecule has 6 nitrogen and oxygen atoms in total. The number of para-hydroxylation sites is 2. The predicted molar refractivity (Wildman–Crippen MR) is 88.3 cm³/mol. The lowest BCUT2D eigenvalue weighted by molar-refractivity contribution is -0.144. The molecule has 4 atom stereocenters. The Morgan fingerprint density at radius 3 is 2.52 bits per heavy atom. The Labute approximate surface area is 136 Å². The number of aliphatic hydroxyl groups excluding tert-OH is 1. The van der Waals surface area contributed by atoms with Crippen molar-refractivity contribution >= 4 is 23.2 Å². The first-order valence-electron chi connectivity index (χ1n) is 8.02. The van der Waals surface area contributed by atoms with Gasteiger partial charge in [0.05, 0.1) is 35.4 Å². The van der Waals surface area contributed by atoms with E-state index in [0.29, 0.717) is 6.54 Å². The van der Waals surface area contributed by atoms with E-state index in [4.69, 9.17) is 0 Å². The lowest BCUT2D eigenvalue weighted by Gasteiger charge is -2.44. The average molecular weight is 317 g/mol. The topological polar surface area (TPSA) is 72.9 Å². The predicted octanol–water partition coefficient (Wildman–Crippen LogP) is 0.601. The van der Waals surface area contributed by atoms with E-state index in [0.717, 1.165) is 17.9 Å². The van der Waals surface area contributed by atoms with Crippen LogP contribution in [0.25, 0.3) is 0 Å². The maximum Gasteiger partial charge on any atom is 0.232 e. The minimum atomic E-state index is -0.747. The number of nitrogens with one attached hydrogen (secondary N) is 1. The number of likely N-dealkylation sites (N-methyl/N-ethyl adjacent to an activating group) is 1. The molecule has 0 saturated carbocycles. The quantitative estimate of drug-likeness (QED) is 0.801. The standard InChI is InChI=1S/C17H23N3O3/c1-10(15-14(11(2)21)16(22)18-15)17(23)20-9-8-19(3)12-6-4-5-7-13(12)20/h4-7,10-11,14-15,21H,8-9H2,1-3H3,(H,18,22). The third-order valence-corrected chi connectivity index (χ3v) is 4.96. The van der Waals surface area contributed by atoms with Gasteiger partial charge in [-0.15, -0.1) is 0 Å². The Bertz CT molecular complexity index is 631. The van der Waals surface area contributed by atoms with Crippen molar-refractivity contribution < 1.29 is 14.7 Å². The molecule has 2 aliphatic heterocycles. The van der Waals surface area contributed by atoms with Gasteiger partial charge in [-0.3, -0.25) is 9.59 Å². The highest BCUT2D eigenvalue weighted by Gasteiger charge is 2.48. The van der Waals surface area contributed by atoms with Gasteiger partial charge in [-0.25, -0.2) is 0 Å². The van der Waals surface area contributed by atoms with Crippen LogP contribution in [0.5, 0.6) is 0 Å². The molecular formula is C17H23N3O3. The SMILES string of the molecule is CC(O)C1C(=O)NC1C(C)C(=O)N1CCN(C)c2ccccc21. The van der Waals surface area contributed by atoms with E-state index in [1.165, 1.54) is 0 Å². The number of anilines is 2. The van der Waals surface area contributed by atoms with Crippen LogP contribution in [-0.2, 0) is 9.59 Å². The second-order valence-corrected chi connectivity index (χ2v) is 6.49. The summed E-state index contributed by atoms with van der Waals surface area (Å²) in [6.07, 6.45) is -0.747. The van der Waals surface area contributed by atoms with Crippen LogP contribution in [-0.4, -0.2) is 49.2 Å². The van der Waals surface area contributed by atoms with Crippen LogP contribution in [0.3, 0.4) is 0 Å². The fourth-order valence-corrected chi connectivity index (χ4v) is 3.51. The molecule has 0 aromatic heterocycles. The summed E-state index contributed by atoms with van der Waals surface area (Å²) >= 11 is 0. The molecule has 0 radical (unpaired) electrons. The van der Waals surface area contributed by atoms with Gasteiger partial charge in [-0.1, -0.05) is 19.1 Å². The number of β-lactam (4-membered cyclic amide) rings is 1. The molecule has 2 aliphatic rings. The average Bonchev–Trinajstić information content (AvgIpc) is 2.51. The molecule has 23 heavy (non-hydrogen) atoms. The highest BCUT2D eigenvalue weighted by atomic mass is 16.3. The summed E-state index contributed by atoms with van der Waals surface area (Å²) in [5.74, 6) is -1.06. The number of hydrogen-bond acceptors (Lipinski definition) is 4. The molecule has 3 rings (SSSR count). The normalized spacial score (nSPS) is 26.0. The van der Waals surface area contributed by atoms with E-state index >= 15 is 0 Å². The molecule has 1 fully saturated rings. The van der Waals surface area contributed by atoms with Crippen LogP contribution in [0.15, 0.2) is 24.3 Å². The number of nitrogens with zero attached hydrogens (tertiary/aromatic N) is 2. The smallest absolute Gasteiger partial charge is 0.232 e. The first kappa shape index (κ1) is 15.8. The zero-order chi connectivity index (χ0) is 16.7. The number of amides is 2. The van der Waals surface area contributed by atoms with Crippen molar-refractivity contribution in [3.63, 3.8) is 0 Å². The molecule has 4 unspecified atom stereocenters. The third-order valence-electron chi connectivity index (χ3n) is 4.96. The minimum absolute atomic E-state index is 0.0128. The molecule has 0 aliphatic carbocycles. The Hall–Kier alpha value is -2.08. The molecule has 2 amide bonds. The van der Waals surface area contributed by atoms with Gasteiger partial charge in [0, 0.05) is 20.1 Å². The van der Waals surface area contributed by atoms with Crippen molar-refractivity contribution in [1.29, 1.82) is 0 Å². The summed E-state index contributed by atoms with van der Waals surface area (Å²) in [4.78, 5) is 28.5. The number of benzene rings is 1. The van der Waals surface area contributed by atoms with Gasteiger partial charge in [0.2, 0.25) is 11.8 Å². The van der Waals surface area contributed by atoms with Gasteiger partial charge in [0.15, 0.2) is 0 Å². The second-order valence-electron chi connectivity index (χ2n) is 6.49. The molecule has 1 saturated heterocycles. The summed E-state index contributed by atoms with van der Waals surface area (Å²) in [6, 6.07) is 7.53. The molecule has 1 aromatic carbocycles. The zero-order valence-corrected chi connectivity index (χ0v) is 13.7. The fraction of sp³-hybridized carbons (Fsp3) is 0.529. The lowest BCUT2D eigenvalue weighted by Crippen LogP contribution is -2.66. The van der Waals surface area contributed by atoms with Gasteiger partial charge >= 0.3 is 0 Å². The van der Waals surface area contributed by atoms with Crippen LogP contribution in [0, 0.1) is 11.8 Å². The highest BCUT2D eigenvalue weighted by Crippen LogP contribution is 2.34. The van der Waals surface area contributed by atoms with Gasteiger partial charge in [-0.05, 0) is 19.1 Å². The molecule has 124 valence electrons. The van der Waals surface area contributed by atoms with E-state index in [1.54, 1.807) is 11.8 Å². The van der Waals surface area contributed by atoms with Crippen molar-refractivity contribution in [3.8, 4) is 0 Å². The summed E-state index contributed by atoms with van der Waals surface area (Å²) in [5.41, 5.74) is 1.93. The maximum absolute atomic E-state index is 13.0. The number of fused-ring (bicyclic) bond motifs is 1. The summed E-state index contributed by atoms with van der Waals surface area (Å²) in [5, 5.41) is 12.5. The summed E-state index contributed by atoms with van der Waals surface area (Å²) in [6.45, 7) is 4.81. The van der Waals surface area contributed by atoms with Gasteiger partial charge in [-0.2, -0.15) is 0 Å². The largest absolute Gasteiger partial charge is 0.393 e. The molecule has 2 N–H and O–H groups in total.